The first-order valence-electron chi connectivity index (χ1n) is 5.98. The van der Waals surface area contributed by atoms with Gasteiger partial charge in [0.05, 0.1) is 6.20 Å². The van der Waals surface area contributed by atoms with E-state index >= 15 is 0 Å². The second-order valence-corrected chi connectivity index (χ2v) is 8.52. The lowest BCUT2D eigenvalue weighted by molar-refractivity contribution is -0.130. The van der Waals surface area contributed by atoms with Gasteiger partial charge in [-0.3, -0.25) is 4.79 Å². The average Bonchev–Trinajstić information content (AvgIpc) is 2.73. The zero-order valence-electron chi connectivity index (χ0n) is 11.8. The van der Waals surface area contributed by atoms with Gasteiger partial charge in [0, 0.05) is 14.1 Å². The summed E-state index contributed by atoms with van der Waals surface area (Å²) >= 11 is 6.49. The number of carbonyl (C=O) groups is 1. The molecule has 1 amide bonds. The Morgan fingerprint density at radius 3 is 2.50 bits per heavy atom. The van der Waals surface area contributed by atoms with E-state index in [1.54, 1.807) is 14.1 Å². The van der Waals surface area contributed by atoms with Crippen molar-refractivity contribution in [2.75, 3.05) is 14.1 Å². The lowest BCUT2D eigenvalue weighted by atomic mass is 10.0. The van der Waals surface area contributed by atoms with Crippen molar-refractivity contribution in [3.05, 3.63) is 10.7 Å². The van der Waals surface area contributed by atoms with E-state index in [1.807, 2.05) is 13.8 Å². The van der Waals surface area contributed by atoms with E-state index in [2.05, 4.69) is 9.71 Å². The van der Waals surface area contributed by atoms with Crippen molar-refractivity contribution < 1.29 is 13.2 Å². The second-order valence-electron chi connectivity index (χ2n) is 4.97. The van der Waals surface area contributed by atoms with Gasteiger partial charge in [-0.25, -0.2) is 13.4 Å². The Morgan fingerprint density at radius 2 is 2.10 bits per heavy atom. The molecule has 1 aromatic rings. The van der Waals surface area contributed by atoms with Gasteiger partial charge in [-0.15, -0.1) is 0 Å². The number of nitrogens with zero attached hydrogens (tertiary/aromatic N) is 2. The van der Waals surface area contributed by atoms with Gasteiger partial charge in [-0.2, -0.15) is 4.72 Å². The molecule has 0 aliphatic carbocycles. The van der Waals surface area contributed by atoms with Gasteiger partial charge in [0.2, 0.25) is 5.91 Å². The number of nitrogens with one attached hydrogen (secondary N) is 1. The van der Waals surface area contributed by atoms with Crippen LogP contribution < -0.4 is 4.72 Å². The Kier molecular flexibility index (Phi) is 5.93. The molecule has 1 atom stereocenters. The van der Waals surface area contributed by atoms with Crippen molar-refractivity contribution in [1.82, 2.24) is 14.6 Å². The average molecular weight is 340 g/mol. The molecule has 1 aromatic heterocycles. The predicted molar refractivity (Wildman–Crippen MR) is 79.4 cm³/mol. The van der Waals surface area contributed by atoms with E-state index < -0.39 is 16.1 Å². The van der Waals surface area contributed by atoms with Gasteiger partial charge in [-0.1, -0.05) is 36.8 Å². The summed E-state index contributed by atoms with van der Waals surface area (Å²) in [4.78, 5) is 17.1. The first-order chi connectivity index (χ1) is 9.13. The third-order valence-corrected chi connectivity index (χ3v) is 5.51. The number of aromatic nitrogens is 1. The van der Waals surface area contributed by atoms with E-state index in [-0.39, 0.29) is 20.5 Å². The van der Waals surface area contributed by atoms with E-state index in [1.165, 1.54) is 11.1 Å². The molecule has 1 N–H and O–H groups in total. The van der Waals surface area contributed by atoms with Gasteiger partial charge < -0.3 is 4.90 Å². The highest BCUT2D eigenvalue weighted by molar-refractivity contribution is 7.91. The standard InChI is InChI=1S/C11H18ClN3O3S2/c1-7(2)5-8(10(16)15(3)4)14-20(17,18)9-6-13-11(12)19-9/h6-8,14H,5H2,1-4H3. The minimum Gasteiger partial charge on any atom is -0.347 e. The van der Waals surface area contributed by atoms with E-state index in [9.17, 15) is 13.2 Å². The molecule has 0 aliphatic heterocycles. The Morgan fingerprint density at radius 1 is 1.50 bits per heavy atom. The van der Waals surface area contributed by atoms with Crippen LogP contribution >= 0.6 is 22.9 Å². The number of likely N-dealkylation sites (N-methyl/N-ethyl adjacent to an activating group) is 1. The fourth-order valence-electron chi connectivity index (χ4n) is 1.59. The van der Waals surface area contributed by atoms with Crippen LogP contribution in [0.4, 0.5) is 0 Å². The zero-order valence-corrected chi connectivity index (χ0v) is 14.1. The third kappa shape index (κ3) is 4.69. The van der Waals surface area contributed by atoms with Crippen molar-refractivity contribution in [3.8, 4) is 0 Å². The monoisotopic (exact) mass is 339 g/mol. The summed E-state index contributed by atoms with van der Waals surface area (Å²) in [7, 11) is -0.607. The number of halogens is 1. The predicted octanol–water partition coefficient (Wildman–Crippen LogP) is 1.58. The Bertz CT molecular complexity index is 569. The maximum atomic E-state index is 12.2. The molecule has 9 heteroatoms. The second kappa shape index (κ2) is 6.84. The molecule has 0 fully saturated rings. The molecule has 0 saturated heterocycles. The summed E-state index contributed by atoms with van der Waals surface area (Å²) in [5.41, 5.74) is 0. The SMILES string of the molecule is CC(C)CC(NS(=O)(=O)c1cnc(Cl)s1)C(=O)N(C)C. The lowest BCUT2D eigenvalue weighted by Crippen LogP contribution is -2.46. The summed E-state index contributed by atoms with van der Waals surface area (Å²) in [5.74, 6) is -0.102. The molecule has 1 heterocycles. The fourth-order valence-corrected chi connectivity index (χ4v) is 4.10. The van der Waals surface area contributed by atoms with Gasteiger partial charge in [-0.05, 0) is 12.3 Å². The van der Waals surface area contributed by atoms with Crippen LogP contribution in [0.1, 0.15) is 20.3 Å². The molecule has 0 spiro atoms. The van der Waals surface area contributed by atoms with Crippen LogP contribution in [0.3, 0.4) is 0 Å². The summed E-state index contributed by atoms with van der Waals surface area (Å²) in [5, 5.41) is 0. The van der Waals surface area contributed by atoms with E-state index in [0.717, 1.165) is 11.3 Å². The first kappa shape index (κ1) is 17.4. The van der Waals surface area contributed by atoms with Crippen LogP contribution in [0.15, 0.2) is 10.4 Å². The molecule has 0 saturated carbocycles. The van der Waals surface area contributed by atoms with Crippen LogP contribution in [0.2, 0.25) is 4.47 Å². The number of carbonyl (C=O) groups excluding carboxylic acids is 1. The molecule has 20 heavy (non-hydrogen) atoms. The Labute approximate surface area is 128 Å². The van der Waals surface area contributed by atoms with E-state index in [0.29, 0.717) is 6.42 Å². The number of rotatable bonds is 6. The van der Waals surface area contributed by atoms with Crippen molar-refractivity contribution in [2.45, 2.75) is 30.5 Å². The summed E-state index contributed by atoms with van der Waals surface area (Å²) in [6.45, 7) is 3.85. The van der Waals surface area contributed by atoms with Gasteiger partial charge in [0.15, 0.2) is 8.68 Å². The van der Waals surface area contributed by atoms with Crippen molar-refractivity contribution in [1.29, 1.82) is 0 Å². The molecule has 1 unspecified atom stereocenters. The van der Waals surface area contributed by atoms with Crippen LogP contribution in [0.5, 0.6) is 0 Å². The van der Waals surface area contributed by atoms with E-state index in [4.69, 9.17) is 11.6 Å². The zero-order chi connectivity index (χ0) is 15.5. The molecule has 0 bridgehead atoms. The highest BCUT2D eigenvalue weighted by atomic mass is 35.5. The molecule has 0 aliphatic rings. The quantitative estimate of drug-likeness (QED) is 0.853. The maximum Gasteiger partial charge on any atom is 0.252 e. The fraction of sp³-hybridized carbons (Fsp3) is 0.636. The topological polar surface area (TPSA) is 79.4 Å². The van der Waals surface area contributed by atoms with Crippen molar-refractivity contribution in [3.63, 3.8) is 0 Å². The number of amides is 1. The first-order valence-corrected chi connectivity index (χ1v) is 8.66. The summed E-state index contributed by atoms with van der Waals surface area (Å²) in [6.07, 6.45) is 1.60. The minimum absolute atomic E-state index is 0.00260. The number of thiazole rings is 1. The van der Waals surface area contributed by atoms with Crippen molar-refractivity contribution >= 4 is 38.9 Å². The van der Waals surface area contributed by atoms with Crippen LogP contribution in [0.25, 0.3) is 0 Å². The molecular formula is C11H18ClN3O3S2. The molecule has 114 valence electrons. The molecule has 0 radical (unpaired) electrons. The molecule has 0 aromatic carbocycles. The van der Waals surface area contributed by atoms with Crippen molar-refractivity contribution in [2.24, 2.45) is 5.92 Å². The van der Waals surface area contributed by atoms with Gasteiger partial charge >= 0.3 is 0 Å². The summed E-state index contributed by atoms with van der Waals surface area (Å²) < 4.78 is 27.0. The van der Waals surface area contributed by atoms with Crippen LogP contribution in [-0.2, 0) is 14.8 Å². The molecule has 6 nitrogen and oxygen atoms in total. The van der Waals surface area contributed by atoms with Gasteiger partial charge in [0.1, 0.15) is 6.04 Å². The lowest BCUT2D eigenvalue weighted by Gasteiger charge is -2.22. The number of hydrogen-bond donors (Lipinski definition) is 1. The Hall–Kier alpha value is -0.700. The number of hydrogen-bond acceptors (Lipinski definition) is 5. The maximum absolute atomic E-state index is 12.2. The molecule has 1 rings (SSSR count). The highest BCUT2D eigenvalue weighted by Crippen LogP contribution is 2.23. The third-order valence-electron chi connectivity index (χ3n) is 2.46. The van der Waals surface area contributed by atoms with Crippen LogP contribution in [0, 0.1) is 5.92 Å². The normalized spacial score (nSPS) is 13.5. The smallest absolute Gasteiger partial charge is 0.252 e. The van der Waals surface area contributed by atoms with Gasteiger partial charge in [0.25, 0.3) is 10.0 Å². The number of sulfonamides is 1. The summed E-state index contributed by atoms with van der Waals surface area (Å²) in [6, 6.07) is -0.795. The van der Waals surface area contributed by atoms with Crippen LogP contribution in [-0.4, -0.2) is 44.3 Å². The highest BCUT2D eigenvalue weighted by Gasteiger charge is 2.28. The Balaban J connectivity index is 2.97. The largest absolute Gasteiger partial charge is 0.347 e. The molecular weight excluding hydrogens is 322 g/mol. The minimum atomic E-state index is -3.79.